The van der Waals surface area contributed by atoms with Crippen molar-refractivity contribution in [3.8, 4) is 0 Å². The van der Waals surface area contributed by atoms with E-state index >= 15 is 0 Å². The molecule has 2 N–H and O–H groups in total. The van der Waals surface area contributed by atoms with Crippen molar-refractivity contribution in [3.63, 3.8) is 0 Å². The maximum atomic E-state index is 11.8. The van der Waals surface area contributed by atoms with E-state index in [1.165, 1.54) is 0 Å². The van der Waals surface area contributed by atoms with Crippen molar-refractivity contribution in [2.75, 3.05) is 41.0 Å². The Morgan fingerprint density at radius 2 is 1.43 bits per heavy atom. The first kappa shape index (κ1) is 32.8. The highest BCUT2D eigenvalue weighted by molar-refractivity contribution is 5.72. The Bertz CT molecular complexity index is 675. The van der Waals surface area contributed by atoms with Crippen LogP contribution in [0.5, 0.6) is 0 Å². The Morgan fingerprint density at radius 3 is 1.97 bits per heavy atom. The first-order valence-electron chi connectivity index (χ1n) is 12.7. The predicted octanol–water partition coefficient (Wildman–Crippen LogP) is 4.82. The van der Waals surface area contributed by atoms with Crippen molar-refractivity contribution in [2.24, 2.45) is 0 Å². The van der Waals surface area contributed by atoms with Gasteiger partial charge >= 0.3 is 11.9 Å². The van der Waals surface area contributed by atoms with Crippen LogP contribution in [0.4, 0.5) is 0 Å². The molecule has 7 heteroatoms. The smallest absolute Gasteiger partial charge is 0.362 e. The molecule has 0 aromatic rings. The Hall–Kier alpha value is -2.22. The summed E-state index contributed by atoms with van der Waals surface area (Å²) in [5.41, 5.74) is 0. The number of unbranched alkanes of at least 4 members (excludes halogenated alkanes) is 2. The summed E-state index contributed by atoms with van der Waals surface area (Å²) in [6.07, 6.45) is 23.6. The average Bonchev–Trinajstić information content (AvgIpc) is 2.79. The van der Waals surface area contributed by atoms with E-state index in [9.17, 15) is 19.8 Å². The number of nitrogens with zero attached hydrogens (tertiary/aromatic N) is 1. The Labute approximate surface area is 212 Å². The highest BCUT2D eigenvalue weighted by Crippen LogP contribution is 2.08. The van der Waals surface area contributed by atoms with Gasteiger partial charge in [-0.3, -0.25) is 4.79 Å². The molecule has 0 aliphatic rings. The summed E-state index contributed by atoms with van der Waals surface area (Å²) < 4.78 is 10.7. The fourth-order valence-electron chi connectivity index (χ4n) is 3.19. The third kappa shape index (κ3) is 20.8. The van der Waals surface area contributed by atoms with Gasteiger partial charge in [-0.05, 0) is 44.9 Å². The molecule has 200 valence electrons. The summed E-state index contributed by atoms with van der Waals surface area (Å²) in [5, 5.41) is 19.2. The summed E-state index contributed by atoms with van der Waals surface area (Å²) in [6, 6.07) is -0.582. The predicted molar refractivity (Wildman–Crippen MR) is 141 cm³/mol. The zero-order chi connectivity index (χ0) is 26.4. The molecule has 0 aromatic carbocycles. The van der Waals surface area contributed by atoms with Gasteiger partial charge in [-0.15, -0.1) is 0 Å². The van der Waals surface area contributed by atoms with Gasteiger partial charge in [0.15, 0.2) is 6.04 Å². The molecule has 0 fully saturated rings. The van der Waals surface area contributed by atoms with Crippen molar-refractivity contribution in [1.82, 2.24) is 0 Å². The molecule has 2 unspecified atom stereocenters. The lowest BCUT2D eigenvalue weighted by Crippen LogP contribution is -2.50. The van der Waals surface area contributed by atoms with Gasteiger partial charge in [0.05, 0.1) is 34.4 Å². The first-order chi connectivity index (χ1) is 16.7. The second-order valence-corrected chi connectivity index (χ2v) is 9.42. The number of aliphatic hydroxyl groups excluding tert-OH is 1. The summed E-state index contributed by atoms with van der Waals surface area (Å²) >= 11 is 0. The summed E-state index contributed by atoms with van der Waals surface area (Å²) in [4.78, 5) is 23.1. The minimum Gasteiger partial charge on any atom is -0.477 e. The van der Waals surface area contributed by atoms with Gasteiger partial charge in [-0.1, -0.05) is 55.5 Å². The number of carboxylic acid groups (broad SMARTS) is 1. The van der Waals surface area contributed by atoms with Crippen molar-refractivity contribution in [3.05, 3.63) is 48.6 Å². The van der Waals surface area contributed by atoms with E-state index in [0.717, 1.165) is 44.9 Å². The lowest BCUT2D eigenvalue weighted by molar-refractivity contribution is -0.887. The van der Waals surface area contributed by atoms with E-state index in [-0.39, 0.29) is 25.8 Å². The molecule has 7 nitrogen and oxygen atoms in total. The van der Waals surface area contributed by atoms with E-state index < -0.39 is 18.1 Å². The molecule has 2 atom stereocenters. The Kier molecular flexibility index (Phi) is 19.8. The van der Waals surface area contributed by atoms with Crippen LogP contribution in [0, 0.1) is 0 Å². The van der Waals surface area contributed by atoms with Crippen molar-refractivity contribution >= 4 is 11.9 Å². The van der Waals surface area contributed by atoms with Crippen molar-refractivity contribution < 1.29 is 33.8 Å². The van der Waals surface area contributed by atoms with Gasteiger partial charge in [-0.25, -0.2) is 4.79 Å². The average molecular weight is 495 g/mol. The second-order valence-electron chi connectivity index (χ2n) is 9.42. The minimum atomic E-state index is -0.921. The van der Waals surface area contributed by atoms with E-state index in [2.05, 4.69) is 55.5 Å². The standard InChI is InChI=1S/C28H47NO6/c1-5-6-7-8-9-10-11-12-13-14-15-16-17-18-19-20-27(31)35-24-25(30)23-34-22-21-26(28(32)33)29(2,3)4/h6-7,9-10,12-13,15-16,25-26,30H,5,8,11,14,17-24H2,1-4H3/p+1/b7-6-,10-9-,13-12-,16-15-. The number of rotatable bonds is 21. The maximum Gasteiger partial charge on any atom is 0.362 e. The molecule has 35 heavy (non-hydrogen) atoms. The quantitative estimate of drug-likeness (QED) is 0.103. The molecule has 0 rings (SSSR count). The number of aliphatic carboxylic acids is 1. The first-order valence-corrected chi connectivity index (χ1v) is 12.7. The number of allylic oxidation sites excluding steroid dienone is 8. The molecular weight excluding hydrogens is 446 g/mol. The minimum absolute atomic E-state index is 0.00257. The van der Waals surface area contributed by atoms with Gasteiger partial charge in [0.25, 0.3) is 0 Å². The number of ether oxygens (including phenoxy) is 2. The van der Waals surface area contributed by atoms with Gasteiger partial charge < -0.3 is 24.2 Å². The van der Waals surface area contributed by atoms with Gasteiger partial charge in [0.1, 0.15) is 12.7 Å². The third-order valence-electron chi connectivity index (χ3n) is 5.22. The molecular formula is C28H48NO6+. The van der Waals surface area contributed by atoms with Crippen LogP contribution in [0.15, 0.2) is 48.6 Å². The molecule has 0 aliphatic heterocycles. The van der Waals surface area contributed by atoms with Crippen LogP contribution in [0.25, 0.3) is 0 Å². The third-order valence-corrected chi connectivity index (χ3v) is 5.22. The molecule has 0 aromatic heterocycles. The van der Waals surface area contributed by atoms with Crippen LogP contribution < -0.4 is 0 Å². The molecule has 0 bridgehead atoms. The fourth-order valence-corrected chi connectivity index (χ4v) is 3.19. The lowest BCUT2D eigenvalue weighted by Gasteiger charge is -2.31. The molecule has 0 saturated heterocycles. The zero-order valence-electron chi connectivity index (χ0n) is 22.2. The molecule has 0 spiro atoms. The van der Waals surface area contributed by atoms with E-state index in [0.29, 0.717) is 17.3 Å². The lowest BCUT2D eigenvalue weighted by atomic mass is 10.1. The Balaban J connectivity index is 3.72. The second kappa shape index (κ2) is 21.1. The topological polar surface area (TPSA) is 93.1 Å². The molecule has 0 saturated carbocycles. The van der Waals surface area contributed by atoms with Crippen LogP contribution in [-0.4, -0.2) is 79.7 Å². The molecule has 0 aliphatic carbocycles. The highest BCUT2D eigenvalue weighted by Gasteiger charge is 2.30. The number of aliphatic hydroxyl groups is 1. The van der Waals surface area contributed by atoms with Gasteiger partial charge in [0, 0.05) is 12.8 Å². The number of carboxylic acids is 1. The largest absolute Gasteiger partial charge is 0.477 e. The molecule has 0 radical (unpaired) electrons. The number of likely N-dealkylation sites (N-methyl/N-ethyl adjacent to an activating group) is 1. The van der Waals surface area contributed by atoms with Crippen molar-refractivity contribution in [1.29, 1.82) is 0 Å². The zero-order valence-corrected chi connectivity index (χ0v) is 22.2. The number of hydrogen-bond donors (Lipinski definition) is 2. The van der Waals surface area contributed by atoms with Gasteiger partial charge in [-0.2, -0.15) is 0 Å². The number of carbonyl (C=O) groups excluding carboxylic acids is 1. The molecule has 0 heterocycles. The fraction of sp³-hybridized carbons (Fsp3) is 0.643. The number of hydrogen-bond acceptors (Lipinski definition) is 5. The number of carbonyl (C=O) groups is 2. The maximum absolute atomic E-state index is 11.8. The van der Waals surface area contributed by atoms with E-state index in [1.807, 2.05) is 21.1 Å². The number of quaternary nitrogens is 1. The monoisotopic (exact) mass is 494 g/mol. The van der Waals surface area contributed by atoms with Crippen LogP contribution in [0.1, 0.15) is 64.7 Å². The molecule has 0 amide bonds. The van der Waals surface area contributed by atoms with Crippen LogP contribution in [-0.2, 0) is 19.1 Å². The summed E-state index contributed by atoms with van der Waals surface area (Å²) in [5.74, 6) is -1.21. The van der Waals surface area contributed by atoms with Crippen molar-refractivity contribution in [2.45, 2.75) is 76.9 Å². The van der Waals surface area contributed by atoms with Gasteiger partial charge in [0.2, 0.25) is 0 Å². The van der Waals surface area contributed by atoms with E-state index in [1.54, 1.807) is 0 Å². The highest BCUT2D eigenvalue weighted by atomic mass is 16.5. The summed E-state index contributed by atoms with van der Waals surface area (Å²) in [6.45, 7) is 2.24. The van der Waals surface area contributed by atoms with Crippen LogP contribution in [0.2, 0.25) is 0 Å². The van der Waals surface area contributed by atoms with E-state index in [4.69, 9.17) is 9.47 Å². The van der Waals surface area contributed by atoms with Crippen LogP contribution in [0.3, 0.4) is 0 Å². The SMILES string of the molecule is CC/C=C\C/C=C\C/C=C\C/C=C\CCCCC(=O)OCC(O)COCCC(C(=O)O)[N+](C)(C)C. The number of esters is 1. The van der Waals surface area contributed by atoms with Crippen LogP contribution >= 0.6 is 0 Å². The normalized spacial score (nSPS) is 14.4. The Morgan fingerprint density at radius 1 is 0.857 bits per heavy atom. The summed E-state index contributed by atoms with van der Waals surface area (Å²) in [7, 11) is 5.45.